The number of rotatable bonds is 6. The summed E-state index contributed by atoms with van der Waals surface area (Å²) in [5.41, 5.74) is 4.45. The van der Waals surface area contributed by atoms with E-state index in [1.165, 1.54) is 0 Å². The van der Waals surface area contributed by atoms with E-state index in [0.717, 1.165) is 10.9 Å². The Kier molecular flexibility index (Phi) is 5.11. The molecule has 0 bridgehead atoms. The number of amides is 2. The highest BCUT2D eigenvalue weighted by Gasteiger charge is 2.12. The van der Waals surface area contributed by atoms with Gasteiger partial charge in [-0.05, 0) is 36.8 Å². The van der Waals surface area contributed by atoms with E-state index in [9.17, 15) is 9.59 Å². The van der Waals surface area contributed by atoms with Gasteiger partial charge in [0.2, 0.25) is 5.91 Å². The zero-order valence-electron chi connectivity index (χ0n) is 13.7. The molecular weight excluding hydrogens is 320 g/mol. The van der Waals surface area contributed by atoms with Crippen molar-refractivity contribution in [2.75, 3.05) is 11.9 Å². The minimum atomic E-state index is -0.321. The van der Waals surface area contributed by atoms with Crippen LogP contribution >= 0.6 is 0 Å². The molecule has 128 valence electrons. The molecule has 2 aromatic carbocycles. The number of carbonyl (C=O) groups is 2. The van der Waals surface area contributed by atoms with E-state index >= 15 is 0 Å². The van der Waals surface area contributed by atoms with Gasteiger partial charge in [-0.15, -0.1) is 0 Å². The van der Waals surface area contributed by atoms with Crippen molar-refractivity contribution in [1.82, 2.24) is 5.48 Å². The number of furan rings is 1. The van der Waals surface area contributed by atoms with E-state index in [0.29, 0.717) is 17.9 Å². The third kappa shape index (κ3) is 4.24. The average Bonchev–Trinajstić information content (AvgIpc) is 3.06. The first-order chi connectivity index (χ1) is 12.2. The molecule has 1 heterocycles. The number of carbonyl (C=O) groups excluding carboxylic acids is 2. The first-order valence-electron chi connectivity index (χ1n) is 7.95. The van der Waals surface area contributed by atoms with E-state index in [1.807, 2.05) is 24.3 Å². The molecule has 0 aliphatic heterocycles. The number of nitrogens with one attached hydrogen (secondary N) is 2. The van der Waals surface area contributed by atoms with Crippen LogP contribution in [0.5, 0.6) is 0 Å². The van der Waals surface area contributed by atoms with E-state index in [4.69, 9.17) is 9.25 Å². The van der Waals surface area contributed by atoms with Gasteiger partial charge < -0.3 is 9.73 Å². The van der Waals surface area contributed by atoms with Crippen molar-refractivity contribution in [2.45, 2.75) is 13.3 Å². The lowest BCUT2D eigenvalue weighted by Crippen LogP contribution is -2.25. The Labute approximate surface area is 144 Å². The number of benzene rings is 2. The molecule has 0 fully saturated rings. The molecule has 0 spiro atoms. The highest BCUT2D eigenvalue weighted by Crippen LogP contribution is 2.20. The van der Waals surface area contributed by atoms with Crippen molar-refractivity contribution in [3.05, 3.63) is 65.9 Å². The fraction of sp³-hybridized carbons (Fsp3) is 0.158. The molecule has 2 N–H and O–H groups in total. The zero-order valence-corrected chi connectivity index (χ0v) is 13.7. The quantitative estimate of drug-likeness (QED) is 0.676. The molecule has 0 saturated carbocycles. The topological polar surface area (TPSA) is 80.6 Å². The summed E-state index contributed by atoms with van der Waals surface area (Å²) < 4.78 is 5.54. The Morgan fingerprint density at radius 1 is 1.08 bits per heavy atom. The van der Waals surface area contributed by atoms with Crippen LogP contribution in [0.15, 0.2) is 59.0 Å². The summed E-state index contributed by atoms with van der Waals surface area (Å²) in [5, 5.41) is 3.65. The summed E-state index contributed by atoms with van der Waals surface area (Å²) in [6.07, 6.45) is 0.206. The Morgan fingerprint density at radius 3 is 2.56 bits per heavy atom. The normalized spacial score (nSPS) is 10.6. The number of hydrogen-bond acceptors (Lipinski definition) is 4. The molecule has 0 saturated heterocycles. The summed E-state index contributed by atoms with van der Waals surface area (Å²) in [6, 6.07) is 16.2. The zero-order chi connectivity index (χ0) is 17.6. The second-order valence-electron chi connectivity index (χ2n) is 5.43. The van der Waals surface area contributed by atoms with Crippen LogP contribution in [0.4, 0.5) is 5.69 Å². The van der Waals surface area contributed by atoms with Crippen molar-refractivity contribution in [2.24, 2.45) is 0 Å². The molecule has 1 aromatic heterocycles. The molecule has 2 amide bonds. The van der Waals surface area contributed by atoms with Crippen LogP contribution in [0.3, 0.4) is 0 Å². The van der Waals surface area contributed by atoms with Gasteiger partial charge in [0.1, 0.15) is 5.58 Å². The summed E-state index contributed by atoms with van der Waals surface area (Å²) in [5.74, 6) is -0.291. The van der Waals surface area contributed by atoms with Gasteiger partial charge in [0.25, 0.3) is 5.91 Å². The maximum atomic E-state index is 12.3. The van der Waals surface area contributed by atoms with Crippen LogP contribution in [0.1, 0.15) is 23.0 Å². The van der Waals surface area contributed by atoms with Crippen LogP contribution in [-0.2, 0) is 16.1 Å². The van der Waals surface area contributed by atoms with Crippen LogP contribution in [-0.4, -0.2) is 18.4 Å². The third-order valence-corrected chi connectivity index (χ3v) is 3.56. The number of fused-ring (bicyclic) bond motifs is 1. The van der Waals surface area contributed by atoms with Crippen molar-refractivity contribution in [3.8, 4) is 0 Å². The van der Waals surface area contributed by atoms with Crippen molar-refractivity contribution >= 4 is 28.5 Å². The van der Waals surface area contributed by atoms with Gasteiger partial charge in [0.05, 0.1) is 13.0 Å². The first kappa shape index (κ1) is 16.7. The summed E-state index contributed by atoms with van der Waals surface area (Å²) in [7, 11) is 0. The van der Waals surface area contributed by atoms with E-state index in [2.05, 4.69) is 10.8 Å². The van der Waals surface area contributed by atoms with Gasteiger partial charge in [-0.2, -0.15) is 0 Å². The monoisotopic (exact) mass is 338 g/mol. The molecule has 6 heteroatoms. The molecule has 3 rings (SSSR count). The van der Waals surface area contributed by atoms with E-state index < -0.39 is 0 Å². The molecule has 0 aliphatic rings. The predicted molar refractivity (Wildman–Crippen MR) is 94.1 cm³/mol. The molecular formula is C19H18N2O4. The number of hydroxylamine groups is 1. The number of para-hydroxylation sites is 1. The molecule has 6 nitrogen and oxygen atoms in total. The molecule has 25 heavy (non-hydrogen) atoms. The lowest BCUT2D eigenvalue weighted by atomic mass is 10.1. The van der Waals surface area contributed by atoms with Crippen molar-refractivity contribution in [1.29, 1.82) is 0 Å². The standard InChI is InChI=1S/C19H18N2O4/c1-2-24-21-18(22)11-13-7-9-15(10-8-13)20-19(23)17-12-14-5-3-4-6-16(14)25-17/h3-10,12H,2,11H2,1H3,(H,20,23)(H,21,22). The molecule has 0 aliphatic carbocycles. The number of anilines is 1. The largest absolute Gasteiger partial charge is 0.451 e. The van der Waals surface area contributed by atoms with Gasteiger partial charge in [-0.25, -0.2) is 5.48 Å². The van der Waals surface area contributed by atoms with Crippen LogP contribution in [0.25, 0.3) is 11.0 Å². The SMILES string of the molecule is CCONC(=O)Cc1ccc(NC(=O)c2cc3ccccc3o2)cc1. The Hall–Kier alpha value is -3.12. The minimum absolute atomic E-state index is 0.206. The first-order valence-corrected chi connectivity index (χ1v) is 7.95. The Morgan fingerprint density at radius 2 is 1.84 bits per heavy atom. The lowest BCUT2D eigenvalue weighted by Gasteiger charge is -2.06. The maximum absolute atomic E-state index is 12.3. The second kappa shape index (κ2) is 7.63. The summed E-state index contributed by atoms with van der Waals surface area (Å²) in [6.45, 7) is 2.21. The summed E-state index contributed by atoms with van der Waals surface area (Å²) >= 11 is 0. The minimum Gasteiger partial charge on any atom is -0.451 e. The highest BCUT2D eigenvalue weighted by molar-refractivity contribution is 6.04. The van der Waals surface area contributed by atoms with Gasteiger partial charge in [0.15, 0.2) is 5.76 Å². The lowest BCUT2D eigenvalue weighted by molar-refractivity contribution is -0.132. The van der Waals surface area contributed by atoms with E-state index in [1.54, 1.807) is 37.3 Å². The molecule has 0 unspecified atom stereocenters. The summed E-state index contributed by atoms with van der Waals surface area (Å²) in [4.78, 5) is 28.7. The predicted octanol–water partition coefficient (Wildman–Crippen LogP) is 3.30. The van der Waals surface area contributed by atoms with Gasteiger partial charge in [-0.1, -0.05) is 30.3 Å². The Balaban J connectivity index is 1.62. The number of hydrogen-bond donors (Lipinski definition) is 2. The smallest absolute Gasteiger partial charge is 0.291 e. The maximum Gasteiger partial charge on any atom is 0.291 e. The van der Waals surface area contributed by atoms with Gasteiger partial charge >= 0.3 is 0 Å². The Bertz CT molecular complexity index is 851. The van der Waals surface area contributed by atoms with Crippen molar-refractivity contribution < 1.29 is 18.8 Å². The fourth-order valence-electron chi connectivity index (χ4n) is 2.37. The fourth-order valence-corrected chi connectivity index (χ4v) is 2.37. The van der Waals surface area contributed by atoms with Crippen LogP contribution < -0.4 is 10.8 Å². The van der Waals surface area contributed by atoms with Crippen molar-refractivity contribution in [3.63, 3.8) is 0 Å². The molecule has 3 aromatic rings. The van der Waals surface area contributed by atoms with E-state index in [-0.39, 0.29) is 24.0 Å². The third-order valence-electron chi connectivity index (χ3n) is 3.56. The van der Waals surface area contributed by atoms with Gasteiger partial charge in [-0.3, -0.25) is 14.4 Å². The molecule has 0 radical (unpaired) electrons. The average molecular weight is 338 g/mol. The second-order valence-corrected chi connectivity index (χ2v) is 5.43. The van der Waals surface area contributed by atoms with Gasteiger partial charge in [0, 0.05) is 11.1 Å². The molecule has 0 atom stereocenters. The van der Waals surface area contributed by atoms with Crippen LogP contribution in [0, 0.1) is 0 Å². The van der Waals surface area contributed by atoms with Crippen LogP contribution in [0.2, 0.25) is 0 Å². The highest BCUT2D eigenvalue weighted by atomic mass is 16.6.